The van der Waals surface area contributed by atoms with Crippen molar-refractivity contribution in [3.63, 3.8) is 0 Å². The molecule has 126 valence electrons. The maximum Gasteiger partial charge on any atom is 0.283 e. The van der Waals surface area contributed by atoms with Gasteiger partial charge in [-0.3, -0.25) is 20.2 Å². The molecule has 3 aromatic rings. The molecule has 0 aliphatic rings. The number of carbonyl (C=O) groups excluding carboxylic acids is 1. The number of benzene rings is 2. The third-order valence-electron chi connectivity index (χ3n) is 3.40. The maximum atomic E-state index is 12.3. The number of amides is 1. The van der Waals surface area contributed by atoms with Crippen LogP contribution < -0.4 is 5.32 Å². The number of nitrogens with zero attached hydrogens (tertiary/aromatic N) is 2. The number of nitrogens with one attached hydrogen (secondary N) is 1. The van der Waals surface area contributed by atoms with E-state index in [2.05, 4.69) is 10.3 Å². The van der Waals surface area contributed by atoms with Crippen LogP contribution in [0.3, 0.4) is 0 Å². The van der Waals surface area contributed by atoms with Crippen molar-refractivity contribution >= 4 is 39.7 Å². The molecule has 6 nitrogen and oxygen atoms in total. The molecular weight excluding hydrogens is 362 g/mol. The molecular formula is C17H12ClN3O3S. The lowest BCUT2D eigenvalue weighted by Gasteiger charge is -2.03. The molecule has 2 aromatic carbocycles. The van der Waals surface area contributed by atoms with Crippen molar-refractivity contribution < 1.29 is 9.72 Å². The van der Waals surface area contributed by atoms with Crippen molar-refractivity contribution in [3.05, 3.63) is 85.9 Å². The minimum absolute atomic E-state index is 0.0609. The smallest absolute Gasteiger partial charge is 0.283 e. The van der Waals surface area contributed by atoms with Crippen LogP contribution in [-0.2, 0) is 6.42 Å². The van der Waals surface area contributed by atoms with Gasteiger partial charge in [0, 0.05) is 28.6 Å². The standard InChI is InChI=1S/C17H12ClN3O3S/c18-12-6-7-14(15(9-12)21(23)24)16(22)20-17-19-10-13(25-17)8-11-4-2-1-3-5-11/h1-7,9-10H,8H2,(H,19,20,22). The normalized spacial score (nSPS) is 10.4. The van der Waals surface area contributed by atoms with Gasteiger partial charge in [-0.1, -0.05) is 41.9 Å². The molecule has 1 heterocycles. The van der Waals surface area contributed by atoms with E-state index >= 15 is 0 Å². The molecule has 8 heteroatoms. The van der Waals surface area contributed by atoms with Gasteiger partial charge in [-0.25, -0.2) is 4.98 Å². The molecule has 0 bridgehead atoms. The number of carbonyl (C=O) groups is 1. The third kappa shape index (κ3) is 4.20. The zero-order valence-corrected chi connectivity index (χ0v) is 14.4. The Balaban J connectivity index is 1.75. The van der Waals surface area contributed by atoms with Crippen molar-refractivity contribution in [1.29, 1.82) is 0 Å². The van der Waals surface area contributed by atoms with Crippen molar-refractivity contribution in [1.82, 2.24) is 4.98 Å². The minimum Gasteiger partial charge on any atom is -0.298 e. The van der Waals surface area contributed by atoms with Gasteiger partial charge in [0.25, 0.3) is 11.6 Å². The second-order valence-electron chi connectivity index (χ2n) is 5.17. The van der Waals surface area contributed by atoms with Crippen LogP contribution in [0.1, 0.15) is 20.8 Å². The fourth-order valence-corrected chi connectivity index (χ4v) is 3.26. The van der Waals surface area contributed by atoms with Gasteiger partial charge in [0.05, 0.1) is 4.92 Å². The van der Waals surface area contributed by atoms with Crippen LogP contribution in [-0.4, -0.2) is 15.8 Å². The molecule has 0 fully saturated rings. The summed E-state index contributed by atoms with van der Waals surface area (Å²) < 4.78 is 0. The number of aromatic nitrogens is 1. The summed E-state index contributed by atoms with van der Waals surface area (Å²) in [5.74, 6) is -0.594. The van der Waals surface area contributed by atoms with Gasteiger partial charge in [0.1, 0.15) is 5.56 Å². The molecule has 3 rings (SSSR count). The highest BCUT2D eigenvalue weighted by atomic mass is 35.5. The Bertz CT molecular complexity index is 928. The Hall–Kier alpha value is -2.77. The maximum absolute atomic E-state index is 12.3. The zero-order valence-electron chi connectivity index (χ0n) is 12.8. The number of halogens is 1. The first-order chi connectivity index (χ1) is 12.0. The van der Waals surface area contributed by atoms with E-state index in [-0.39, 0.29) is 16.3 Å². The average Bonchev–Trinajstić information content (AvgIpc) is 3.02. The molecule has 0 saturated carbocycles. The van der Waals surface area contributed by atoms with Crippen LogP contribution in [0.25, 0.3) is 0 Å². The van der Waals surface area contributed by atoms with Crippen LogP contribution in [0, 0.1) is 10.1 Å². The van der Waals surface area contributed by atoms with Crippen LogP contribution in [0.2, 0.25) is 5.02 Å². The monoisotopic (exact) mass is 373 g/mol. The summed E-state index contributed by atoms with van der Waals surface area (Å²) in [5.41, 5.74) is 0.734. The van der Waals surface area contributed by atoms with Crippen molar-refractivity contribution in [2.75, 3.05) is 5.32 Å². The molecule has 0 atom stereocenters. The highest BCUT2D eigenvalue weighted by Gasteiger charge is 2.21. The Morgan fingerprint density at radius 2 is 2.00 bits per heavy atom. The summed E-state index contributed by atoms with van der Waals surface area (Å²) in [4.78, 5) is 27.9. The summed E-state index contributed by atoms with van der Waals surface area (Å²) in [6, 6.07) is 13.8. The summed E-state index contributed by atoms with van der Waals surface area (Å²) in [6.07, 6.45) is 2.39. The van der Waals surface area contributed by atoms with Gasteiger partial charge in [0.2, 0.25) is 0 Å². The number of nitro benzene ring substituents is 1. The summed E-state index contributed by atoms with van der Waals surface area (Å²) in [5, 5.41) is 14.3. The lowest BCUT2D eigenvalue weighted by atomic mass is 10.1. The number of hydrogen-bond acceptors (Lipinski definition) is 5. The van der Waals surface area contributed by atoms with Crippen molar-refractivity contribution in [2.45, 2.75) is 6.42 Å². The summed E-state index contributed by atoms with van der Waals surface area (Å²) in [6.45, 7) is 0. The van der Waals surface area contributed by atoms with Gasteiger partial charge < -0.3 is 0 Å². The predicted octanol–water partition coefficient (Wildman–Crippen LogP) is 4.55. The Labute approximate surface area is 152 Å². The largest absolute Gasteiger partial charge is 0.298 e. The number of thiazole rings is 1. The van der Waals surface area contributed by atoms with E-state index in [0.717, 1.165) is 16.5 Å². The van der Waals surface area contributed by atoms with Gasteiger partial charge >= 0.3 is 0 Å². The molecule has 0 unspecified atom stereocenters. The number of rotatable bonds is 5. The first-order valence-corrected chi connectivity index (χ1v) is 8.46. The second-order valence-corrected chi connectivity index (χ2v) is 6.72. The molecule has 0 saturated heterocycles. The van der Waals surface area contributed by atoms with Gasteiger partial charge in [0.15, 0.2) is 5.13 Å². The van der Waals surface area contributed by atoms with Crippen LogP contribution in [0.5, 0.6) is 0 Å². The van der Waals surface area contributed by atoms with Gasteiger partial charge in [-0.05, 0) is 17.7 Å². The summed E-state index contributed by atoms with van der Waals surface area (Å²) in [7, 11) is 0. The molecule has 1 N–H and O–H groups in total. The topological polar surface area (TPSA) is 85.1 Å². The highest BCUT2D eigenvalue weighted by molar-refractivity contribution is 7.15. The third-order valence-corrected chi connectivity index (χ3v) is 4.54. The molecule has 1 amide bonds. The lowest BCUT2D eigenvalue weighted by Crippen LogP contribution is -2.13. The first kappa shape index (κ1) is 17.1. The van der Waals surface area contributed by atoms with E-state index in [0.29, 0.717) is 11.6 Å². The van der Waals surface area contributed by atoms with Crippen molar-refractivity contribution in [2.24, 2.45) is 0 Å². The van der Waals surface area contributed by atoms with E-state index in [1.165, 1.54) is 23.5 Å². The van der Waals surface area contributed by atoms with Crippen LogP contribution in [0.15, 0.2) is 54.7 Å². The molecule has 0 aliphatic carbocycles. The van der Waals surface area contributed by atoms with Gasteiger partial charge in [-0.2, -0.15) is 0 Å². The lowest BCUT2D eigenvalue weighted by molar-refractivity contribution is -0.385. The Morgan fingerprint density at radius 1 is 1.24 bits per heavy atom. The first-order valence-electron chi connectivity index (χ1n) is 7.27. The molecule has 0 radical (unpaired) electrons. The second kappa shape index (κ2) is 7.42. The van der Waals surface area contributed by atoms with Crippen LogP contribution in [0.4, 0.5) is 10.8 Å². The number of anilines is 1. The minimum atomic E-state index is -0.635. The number of nitro groups is 1. The summed E-state index contributed by atoms with van der Waals surface area (Å²) >= 11 is 7.09. The van der Waals surface area contributed by atoms with Crippen molar-refractivity contribution in [3.8, 4) is 0 Å². The molecule has 0 aliphatic heterocycles. The molecule has 0 spiro atoms. The highest BCUT2D eigenvalue weighted by Crippen LogP contribution is 2.26. The quantitative estimate of drug-likeness (QED) is 0.525. The SMILES string of the molecule is O=C(Nc1ncc(Cc2ccccc2)s1)c1ccc(Cl)cc1[N+](=O)[O-]. The average molecular weight is 374 g/mol. The molecule has 25 heavy (non-hydrogen) atoms. The van der Waals surface area contributed by atoms with E-state index in [1.807, 2.05) is 30.3 Å². The fraction of sp³-hybridized carbons (Fsp3) is 0.0588. The Morgan fingerprint density at radius 3 is 2.72 bits per heavy atom. The fourth-order valence-electron chi connectivity index (χ4n) is 2.26. The Kier molecular flexibility index (Phi) is 5.06. The van der Waals surface area contributed by atoms with E-state index in [1.54, 1.807) is 6.20 Å². The van der Waals surface area contributed by atoms with E-state index in [9.17, 15) is 14.9 Å². The zero-order chi connectivity index (χ0) is 17.8. The molecule has 1 aromatic heterocycles. The van der Waals surface area contributed by atoms with Gasteiger partial charge in [-0.15, -0.1) is 11.3 Å². The van der Waals surface area contributed by atoms with E-state index < -0.39 is 10.8 Å². The van der Waals surface area contributed by atoms with E-state index in [4.69, 9.17) is 11.6 Å². The predicted molar refractivity (Wildman–Crippen MR) is 97.4 cm³/mol. The van der Waals surface area contributed by atoms with Crippen LogP contribution >= 0.6 is 22.9 Å². The number of hydrogen-bond donors (Lipinski definition) is 1.